The summed E-state index contributed by atoms with van der Waals surface area (Å²) in [6.45, 7) is 9.41. The molecule has 0 atom stereocenters. The summed E-state index contributed by atoms with van der Waals surface area (Å²) in [7, 11) is 0. The van der Waals surface area contributed by atoms with E-state index in [0.29, 0.717) is 10.8 Å². The van der Waals surface area contributed by atoms with Crippen molar-refractivity contribution in [3.63, 3.8) is 0 Å². The molecule has 29 heavy (non-hydrogen) atoms. The Morgan fingerprint density at radius 3 is 2.14 bits per heavy atom. The van der Waals surface area contributed by atoms with Crippen LogP contribution in [0.3, 0.4) is 0 Å². The average molecular weight is 403 g/mol. The number of unbranched alkanes of at least 4 members (excludes halogenated alkanes) is 6. The maximum atomic E-state index is 10.4. The van der Waals surface area contributed by atoms with Gasteiger partial charge in [0.1, 0.15) is 0 Å². The number of hydrogen-bond donors (Lipinski definition) is 2. The molecule has 0 radical (unpaired) electrons. The lowest BCUT2D eigenvalue weighted by atomic mass is 9.84. The first-order chi connectivity index (χ1) is 13.8. The minimum Gasteiger partial charge on any atom is -0.504 e. The topological polar surface area (TPSA) is 40.5 Å². The zero-order valence-electron chi connectivity index (χ0n) is 19.7. The second-order valence-corrected chi connectivity index (χ2v) is 10.7. The van der Waals surface area contributed by atoms with Gasteiger partial charge < -0.3 is 10.2 Å². The molecule has 0 heterocycles. The molecule has 2 nitrogen and oxygen atoms in total. The Morgan fingerprint density at radius 2 is 1.48 bits per heavy atom. The Balaban J connectivity index is 1.71. The molecule has 0 aliphatic heterocycles. The summed E-state index contributed by atoms with van der Waals surface area (Å²) >= 11 is 0. The molecule has 1 aliphatic rings. The molecule has 0 saturated heterocycles. The minimum atomic E-state index is 0.0334. The van der Waals surface area contributed by atoms with Crippen LogP contribution < -0.4 is 0 Å². The molecule has 1 saturated carbocycles. The van der Waals surface area contributed by atoms with Crippen molar-refractivity contribution < 1.29 is 10.2 Å². The molecule has 2 rings (SSSR count). The monoisotopic (exact) mass is 402 g/mol. The van der Waals surface area contributed by atoms with E-state index in [1.54, 1.807) is 6.07 Å². The molecule has 1 fully saturated rings. The smallest absolute Gasteiger partial charge is 0.160 e. The molecule has 0 amide bonds. The van der Waals surface area contributed by atoms with Gasteiger partial charge in [-0.2, -0.15) is 0 Å². The highest BCUT2D eigenvalue weighted by atomic mass is 16.3. The van der Waals surface area contributed by atoms with Crippen LogP contribution in [-0.2, 0) is 12.8 Å². The minimum absolute atomic E-state index is 0.0334. The zero-order chi connectivity index (χ0) is 21.3. The fourth-order valence-electron chi connectivity index (χ4n) is 4.30. The van der Waals surface area contributed by atoms with Crippen LogP contribution in [0, 0.1) is 10.8 Å². The van der Waals surface area contributed by atoms with Crippen LogP contribution in [0.5, 0.6) is 11.5 Å². The maximum absolute atomic E-state index is 10.4. The Kier molecular flexibility index (Phi) is 9.37. The van der Waals surface area contributed by atoms with Crippen LogP contribution in [0.1, 0.15) is 122 Å². The average Bonchev–Trinajstić information content (AvgIpc) is 3.42. The van der Waals surface area contributed by atoms with Crippen molar-refractivity contribution >= 4 is 0 Å². The van der Waals surface area contributed by atoms with Gasteiger partial charge in [0.2, 0.25) is 0 Å². The van der Waals surface area contributed by atoms with Crippen molar-refractivity contribution in [2.24, 2.45) is 10.8 Å². The Morgan fingerprint density at radius 1 is 0.862 bits per heavy atom. The molecule has 0 spiro atoms. The summed E-state index contributed by atoms with van der Waals surface area (Å²) in [6, 6.07) is 3.69. The van der Waals surface area contributed by atoms with Gasteiger partial charge in [0.05, 0.1) is 0 Å². The maximum Gasteiger partial charge on any atom is 0.160 e. The predicted molar refractivity (Wildman–Crippen MR) is 125 cm³/mol. The molecule has 1 aromatic carbocycles. The van der Waals surface area contributed by atoms with Crippen molar-refractivity contribution in [1.82, 2.24) is 0 Å². The highest BCUT2D eigenvalue weighted by Crippen LogP contribution is 2.49. The first kappa shape index (κ1) is 24.1. The number of benzene rings is 1. The van der Waals surface area contributed by atoms with E-state index in [9.17, 15) is 10.2 Å². The molecular weight excluding hydrogens is 356 g/mol. The first-order valence-corrected chi connectivity index (χ1v) is 12.3. The van der Waals surface area contributed by atoms with Gasteiger partial charge in [0.25, 0.3) is 0 Å². The quantitative estimate of drug-likeness (QED) is 0.229. The molecule has 1 aromatic rings. The largest absolute Gasteiger partial charge is 0.504 e. The van der Waals surface area contributed by atoms with Gasteiger partial charge >= 0.3 is 0 Å². The van der Waals surface area contributed by atoms with E-state index in [-0.39, 0.29) is 11.5 Å². The van der Waals surface area contributed by atoms with Gasteiger partial charge in [-0.1, -0.05) is 78.7 Å². The van der Waals surface area contributed by atoms with Gasteiger partial charge in [-0.25, -0.2) is 0 Å². The van der Waals surface area contributed by atoms with E-state index < -0.39 is 0 Å². The lowest BCUT2D eigenvalue weighted by Crippen LogP contribution is -2.08. The summed E-state index contributed by atoms with van der Waals surface area (Å²) in [5.74, 6) is 0.155. The highest BCUT2D eigenvalue weighted by Gasteiger charge is 2.35. The summed E-state index contributed by atoms with van der Waals surface area (Å²) < 4.78 is 0. The summed E-state index contributed by atoms with van der Waals surface area (Å²) in [5.41, 5.74) is 3.38. The number of phenolic OH excluding ortho intramolecular Hbond substituents is 2. The molecule has 0 bridgehead atoms. The van der Waals surface area contributed by atoms with E-state index >= 15 is 0 Å². The summed E-state index contributed by atoms with van der Waals surface area (Å²) in [4.78, 5) is 0. The van der Waals surface area contributed by atoms with Crippen LogP contribution in [0.2, 0.25) is 0 Å². The summed E-state index contributed by atoms with van der Waals surface area (Å²) in [5, 5.41) is 20.4. The zero-order valence-corrected chi connectivity index (χ0v) is 19.7. The second kappa shape index (κ2) is 11.3. The number of aromatic hydroxyl groups is 2. The lowest BCUT2D eigenvalue weighted by molar-refractivity contribution is 0.307. The van der Waals surface area contributed by atoms with Crippen molar-refractivity contribution in [3.05, 3.63) is 23.3 Å². The van der Waals surface area contributed by atoms with Crippen LogP contribution in [-0.4, -0.2) is 10.2 Å². The SMILES string of the molecule is CCC(C)(C)CCCCCCc1c(CCCCCCC2(C)CC2)ccc(O)c1O. The molecule has 2 N–H and O–H groups in total. The fourth-order valence-corrected chi connectivity index (χ4v) is 4.30. The third-order valence-electron chi connectivity index (χ3n) is 7.43. The summed E-state index contributed by atoms with van der Waals surface area (Å²) in [6.07, 6.45) is 18.7. The molecular formula is C27H46O2. The van der Waals surface area contributed by atoms with Crippen LogP contribution in [0.4, 0.5) is 0 Å². The van der Waals surface area contributed by atoms with E-state index in [0.717, 1.165) is 24.8 Å². The van der Waals surface area contributed by atoms with E-state index in [4.69, 9.17) is 0 Å². The van der Waals surface area contributed by atoms with Gasteiger partial charge in [-0.3, -0.25) is 0 Å². The first-order valence-electron chi connectivity index (χ1n) is 12.3. The Labute approximate surface area is 180 Å². The molecule has 0 aromatic heterocycles. The fraction of sp³-hybridized carbons (Fsp3) is 0.778. The van der Waals surface area contributed by atoms with Crippen LogP contribution in [0.25, 0.3) is 0 Å². The number of hydrogen-bond acceptors (Lipinski definition) is 2. The molecule has 2 heteroatoms. The van der Waals surface area contributed by atoms with E-state index in [1.165, 1.54) is 82.6 Å². The predicted octanol–water partition coefficient (Wildman–Crippen LogP) is 8.32. The van der Waals surface area contributed by atoms with Crippen molar-refractivity contribution in [3.8, 4) is 11.5 Å². The van der Waals surface area contributed by atoms with Crippen molar-refractivity contribution in [2.45, 2.75) is 124 Å². The molecule has 166 valence electrons. The van der Waals surface area contributed by atoms with Gasteiger partial charge in [-0.05, 0) is 73.8 Å². The van der Waals surface area contributed by atoms with Crippen LogP contribution in [0.15, 0.2) is 12.1 Å². The van der Waals surface area contributed by atoms with Crippen molar-refractivity contribution in [1.29, 1.82) is 0 Å². The van der Waals surface area contributed by atoms with Gasteiger partial charge in [-0.15, -0.1) is 0 Å². The third-order valence-corrected chi connectivity index (χ3v) is 7.43. The Bertz CT molecular complexity index is 613. The number of rotatable bonds is 15. The molecule has 0 unspecified atom stereocenters. The van der Waals surface area contributed by atoms with E-state index in [1.807, 2.05) is 6.07 Å². The standard InChI is InChI=1S/C27H46O2/c1-5-26(2,3)18-12-8-7-11-15-23-22(16-17-24(28)25(23)29)14-10-6-9-13-19-27(4)20-21-27/h16-17,28-29H,5-15,18-21H2,1-4H3. The lowest BCUT2D eigenvalue weighted by Gasteiger charge is -2.22. The van der Waals surface area contributed by atoms with Gasteiger partial charge in [0.15, 0.2) is 11.5 Å². The number of aryl methyl sites for hydroxylation is 1. The second-order valence-electron chi connectivity index (χ2n) is 10.7. The number of phenols is 2. The third kappa shape index (κ3) is 8.60. The van der Waals surface area contributed by atoms with Gasteiger partial charge in [0, 0.05) is 5.56 Å². The Hall–Kier alpha value is -1.18. The van der Waals surface area contributed by atoms with Crippen LogP contribution >= 0.6 is 0 Å². The van der Waals surface area contributed by atoms with Crippen molar-refractivity contribution in [2.75, 3.05) is 0 Å². The normalized spacial score (nSPS) is 15.6. The highest BCUT2D eigenvalue weighted by molar-refractivity contribution is 5.49. The molecule has 1 aliphatic carbocycles. The van der Waals surface area contributed by atoms with E-state index in [2.05, 4.69) is 27.7 Å².